The van der Waals surface area contributed by atoms with E-state index in [0.29, 0.717) is 24.5 Å². The molecule has 0 bridgehead atoms. The molecule has 2 nitrogen and oxygen atoms in total. The van der Waals surface area contributed by atoms with Gasteiger partial charge in [0.15, 0.2) is 0 Å². The maximum absolute atomic E-state index is 11.0. The highest BCUT2D eigenvalue weighted by Crippen LogP contribution is 2.32. The van der Waals surface area contributed by atoms with Crippen molar-refractivity contribution in [2.24, 2.45) is 0 Å². The minimum atomic E-state index is 0.285. The van der Waals surface area contributed by atoms with Gasteiger partial charge in [-0.05, 0) is 30.0 Å². The Hall–Kier alpha value is -1.31. The number of phenolic OH excluding ortho intramolecular Hbond substituents is 1. The summed E-state index contributed by atoms with van der Waals surface area (Å²) in [5, 5.41) is 9.08. The standard InChI is InChI=1S/C11H12O2/c12-10-4-1-8(2-5-10)9-3-6-11(13)7-9/h1-2,4-5,9,12H,3,6-7H2. The van der Waals surface area contributed by atoms with Crippen LogP contribution in [0.25, 0.3) is 0 Å². The first-order valence-electron chi connectivity index (χ1n) is 4.56. The van der Waals surface area contributed by atoms with E-state index in [0.717, 1.165) is 6.42 Å². The lowest BCUT2D eigenvalue weighted by Gasteiger charge is -2.07. The number of carbonyl (C=O) groups is 1. The molecule has 0 saturated heterocycles. The van der Waals surface area contributed by atoms with E-state index < -0.39 is 0 Å². The van der Waals surface area contributed by atoms with Crippen molar-refractivity contribution >= 4 is 5.78 Å². The van der Waals surface area contributed by atoms with E-state index >= 15 is 0 Å². The summed E-state index contributed by atoms with van der Waals surface area (Å²) in [4.78, 5) is 11.0. The van der Waals surface area contributed by atoms with Crippen molar-refractivity contribution in [3.05, 3.63) is 29.8 Å². The monoisotopic (exact) mass is 176 g/mol. The Labute approximate surface area is 77.2 Å². The molecule has 0 radical (unpaired) electrons. The van der Waals surface area contributed by atoms with Crippen molar-refractivity contribution in [2.75, 3.05) is 0 Å². The highest BCUT2D eigenvalue weighted by atomic mass is 16.3. The van der Waals surface area contributed by atoms with Crippen LogP contribution in [0.5, 0.6) is 5.75 Å². The van der Waals surface area contributed by atoms with Gasteiger partial charge in [-0.1, -0.05) is 12.1 Å². The van der Waals surface area contributed by atoms with Crippen LogP contribution in [0.1, 0.15) is 30.7 Å². The summed E-state index contributed by atoms with van der Waals surface area (Å²) in [5.74, 6) is 1.03. The fourth-order valence-corrected chi connectivity index (χ4v) is 1.85. The van der Waals surface area contributed by atoms with Crippen LogP contribution >= 0.6 is 0 Å². The summed E-state index contributed by atoms with van der Waals surface area (Å²) in [6.45, 7) is 0. The third kappa shape index (κ3) is 1.72. The number of phenols is 1. The molecule has 2 heteroatoms. The van der Waals surface area contributed by atoms with E-state index in [-0.39, 0.29) is 5.75 Å². The van der Waals surface area contributed by atoms with Crippen LogP contribution in [0.3, 0.4) is 0 Å². The molecule has 2 rings (SSSR count). The summed E-state index contributed by atoms with van der Waals surface area (Å²) < 4.78 is 0. The molecular formula is C11H12O2. The minimum Gasteiger partial charge on any atom is -0.508 e. The van der Waals surface area contributed by atoms with Gasteiger partial charge >= 0.3 is 0 Å². The molecule has 1 aromatic rings. The molecule has 0 amide bonds. The summed E-state index contributed by atoms with van der Waals surface area (Å²) >= 11 is 0. The van der Waals surface area contributed by atoms with Crippen molar-refractivity contribution in [1.82, 2.24) is 0 Å². The van der Waals surface area contributed by atoms with Gasteiger partial charge < -0.3 is 5.11 Å². The highest BCUT2D eigenvalue weighted by Gasteiger charge is 2.23. The lowest BCUT2D eigenvalue weighted by Crippen LogP contribution is -1.93. The molecule has 1 atom stereocenters. The fourth-order valence-electron chi connectivity index (χ4n) is 1.85. The smallest absolute Gasteiger partial charge is 0.133 e. The second kappa shape index (κ2) is 3.21. The zero-order chi connectivity index (χ0) is 9.26. The van der Waals surface area contributed by atoms with E-state index in [2.05, 4.69) is 0 Å². The van der Waals surface area contributed by atoms with Crippen molar-refractivity contribution in [1.29, 1.82) is 0 Å². The number of hydrogen-bond donors (Lipinski definition) is 1. The average molecular weight is 176 g/mol. The summed E-state index contributed by atoms with van der Waals surface area (Å²) in [5.41, 5.74) is 1.17. The van der Waals surface area contributed by atoms with Crippen LogP contribution in [-0.4, -0.2) is 10.9 Å². The highest BCUT2D eigenvalue weighted by molar-refractivity contribution is 5.81. The Morgan fingerprint density at radius 1 is 1.23 bits per heavy atom. The van der Waals surface area contributed by atoms with E-state index in [9.17, 15) is 4.79 Å². The number of Topliss-reactive ketones (excluding diaryl/α,β-unsaturated/α-hetero) is 1. The third-order valence-electron chi connectivity index (χ3n) is 2.61. The first kappa shape index (κ1) is 8.30. The SMILES string of the molecule is O=C1CCC(c2ccc(O)cc2)C1. The summed E-state index contributed by atoms with van der Waals surface area (Å²) in [6.07, 6.45) is 2.35. The van der Waals surface area contributed by atoms with Gasteiger partial charge in [-0.25, -0.2) is 0 Å². The van der Waals surface area contributed by atoms with Gasteiger partial charge in [0.05, 0.1) is 0 Å². The summed E-state index contributed by atoms with van der Waals surface area (Å²) in [7, 11) is 0. The fraction of sp³-hybridized carbons (Fsp3) is 0.364. The van der Waals surface area contributed by atoms with Crippen LogP contribution in [0.4, 0.5) is 0 Å². The van der Waals surface area contributed by atoms with Crippen molar-refractivity contribution < 1.29 is 9.90 Å². The third-order valence-corrected chi connectivity index (χ3v) is 2.61. The van der Waals surface area contributed by atoms with Crippen LogP contribution in [0, 0.1) is 0 Å². The zero-order valence-electron chi connectivity index (χ0n) is 7.36. The second-order valence-corrected chi connectivity index (χ2v) is 3.57. The van der Waals surface area contributed by atoms with Gasteiger partial charge in [0.1, 0.15) is 11.5 Å². The Morgan fingerprint density at radius 2 is 1.92 bits per heavy atom. The number of aromatic hydroxyl groups is 1. The van der Waals surface area contributed by atoms with Gasteiger partial charge in [-0.3, -0.25) is 4.79 Å². The number of hydrogen-bond acceptors (Lipinski definition) is 2. The molecule has 1 fully saturated rings. The zero-order valence-corrected chi connectivity index (χ0v) is 7.36. The Morgan fingerprint density at radius 3 is 2.46 bits per heavy atom. The maximum atomic E-state index is 11.0. The molecule has 1 aliphatic carbocycles. The van der Waals surface area contributed by atoms with Gasteiger partial charge in [-0.2, -0.15) is 0 Å². The first-order valence-corrected chi connectivity index (χ1v) is 4.56. The average Bonchev–Trinajstić information content (AvgIpc) is 2.53. The van der Waals surface area contributed by atoms with Crippen molar-refractivity contribution in [3.8, 4) is 5.75 Å². The van der Waals surface area contributed by atoms with Crippen molar-refractivity contribution in [3.63, 3.8) is 0 Å². The molecule has 0 spiro atoms. The molecule has 0 aliphatic heterocycles. The van der Waals surface area contributed by atoms with E-state index in [1.165, 1.54) is 5.56 Å². The topological polar surface area (TPSA) is 37.3 Å². The quantitative estimate of drug-likeness (QED) is 0.712. The molecule has 1 aliphatic rings. The number of carbonyl (C=O) groups excluding carboxylic acids is 1. The van der Waals surface area contributed by atoms with Gasteiger partial charge in [0.25, 0.3) is 0 Å². The van der Waals surface area contributed by atoms with E-state index in [4.69, 9.17) is 5.11 Å². The molecule has 1 N–H and O–H groups in total. The Bertz CT molecular complexity index is 313. The van der Waals surface area contributed by atoms with Crippen LogP contribution in [0.15, 0.2) is 24.3 Å². The first-order chi connectivity index (χ1) is 6.25. The molecule has 68 valence electrons. The van der Waals surface area contributed by atoms with Gasteiger partial charge in [0, 0.05) is 12.8 Å². The Kier molecular flexibility index (Phi) is 2.05. The minimum absolute atomic E-state index is 0.285. The predicted molar refractivity (Wildman–Crippen MR) is 49.7 cm³/mol. The second-order valence-electron chi connectivity index (χ2n) is 3.57. The Balaban J connectivity index is 2.17. The van der Waals surface area contributed by atoms with E-state index in [1.807, 2.05) is 12.1 Å². The molecule has 0 heterocycles. The van der Waals surface area contributed by atoms with Gasteiger partial charge in [-0.15, -0.1) is 0 Å². The summed E-state index contributed by atoms with van der Waals surface area (Å²) in [6, 6.07) is 7.16. The van der Waals surface area contributed by atoms with Crippen molar-refractivity contribution in [2.45, 2.75) is 25.2 Å². The van der Waals surface area contributed by atoms with Gasteiger partial charge in [0.2, 0.25) is 0 Å². The molecule has 13 heavy (non-hydrogen) atoms. The molecule has 1 unspecified atom stereocenters. The lowest BCUT2D eigenvalue weighted by atomic mass is 9.98. The molecule has 1 aromatic carbocycles. The van der Waals surface area contributed by atoms with Crippen LogP contribution in [-0.2, 0) is 4.79 Å². The molecular weight excluding hydrogens is 164 g/mol. The van der Waals surface area contributed by atoms with Crippen LogP contribution in [0.2, 0.25) is 0 Å². The number of benzene rings is 1. The number of rotatable bonds is 1. The lowest BCUT2D eigenvalue weighted by molar-refractivity contribution is -0.117. The predicted octanol–water partition coefficient (Wildman–Crippen LogP) is 2.23. The maximum Gasteiger partial charge on any atom is 0.133 e. The molecule has 0 aromatic heterocycles. The van der Waals surface area contributed by atoms with Crippen LogP contribution < -0.4 is 0 Å². The van der Waals surface area contributed by atoms with E-state index in [1.54, 1.807) is 12.1 Å². The number of ketones is 1. The molecule has 1 saturated carbocycles. The normalized spacial score (nSPS) is 22.2. The largest absolute Gasteiger partial charge is 0.508 e.